The SMILES string of the molecule is COc1ccc2c(c1)C(NCC(C)C)CC2. The van der Waals surface area contributed by atoms with Crippen LogP contribution in [0.5, 0.6) is 5.75 Å². The number of aryl methyl sites for hydroxylation is 1. The van der Waals surface area contributed by atoms with Crippen LogP contribution in [0, 0.1) is 5.92 Å². The van der Waals surface area contributed by atoms with Crippen LogP contribution in [-0.2, 0) is 6.42 Å². The summed E-state index contributed by atoms with van der Waals surface area (Å²) in [5.41, 5.74) is 2.90. The van der Waals surface area contributed by atoms with Crippen molar-refractivity contribution >= 4 is 0 Å². The molecule has 1 aliphatic carbocycles. The van der Waals surface area contributed by atoms with E-state index in [1.165, 1.54) is 24.0 Å². The van der Waals surface area contributed by atoms with Crippen molar-refractivity contribution in [2.45, 2.75) is 32.7 Å². The summed E-state index contributed by atoms with van der Waals surface area (Å²) in [6, 6.07) is 6.96. The van der Waals surface area contributed by atoms with Crippen LogP contribution in [0.15, 0.2) is 18.2 Å². The van der Waals surface area contributed by atoms with E-state index in [9.17, 15) is 0 Å². The summed E-state index contributed by atoms with van der Waals surface area (Å²) in [5.74, 6) is 1.67. The Kier molecular flexibility index (Phi) is 3.49. The van der Waals surface area contributed by atoms with Gasteiger partial charge < -0.3 is 10.1 Å². The van der Waals surface area contributed by atoms with E-state index in [4.69, 9.17) is 4.74 Å². The van der Waals surface area contributed by atoms with Gasteiger partial charge in [0.15, 0.2) is 0 Å². The predicted octanol–water partition coefficient (Wildman–Crippen LogP) is 2.93. The zero-order valence-electron chi connectivity index (χ0n) is 10.4. The fourth-order valence-electron chi connectivity index (χ4n) is 2.30. The maximum Gasteiger partial charge on any atom is 0.119 e. The molecule has 1 aromatic rings. The monoisotopic (exact) mass is 219 g/mol. The molecule has 0 saturated carbocycles. The maximum absolute atomic E-state index is 5.29. The first-order valence-corrected chi connectivity index (χ1v) is 6.11. The quantitative estimate of drug-likeness (QED) is 0.840. The van der Waals surface area contributed by atoms with Crippen LogP contribution in [0.1, 0.15) is 37.4 Å². The average molecular weight is 219 g/mol. The van der Waals surface area contributed by atoms with Gasteiger partial charge in [-0.1, -0.05) is 19.9 Å². The van der Waals surface area contributed by atoms with Gasteiger partial charge in [0.25, 0.3) is 0 Å². The molecule has 2 rings (SSSR count). The van der Waals surface area contributed by atoms with Crippen molar-refractivity contribution in [3.8, 4) is 5.75 Å². The number of fused-ring (bicyclic) bond motifs is 1. The summed E-state index contributed by atoms with van der Waals surface area (Å²) in [6.07, 6.45) is 2.41. The van der Waals surface area contributed by atoms with Crippen LogP contribution < -0.4 is 10.1 Å². The normalized spacial score (nSPS) is 18.9. The van der Waals surface area contributed by atoms with E-state index in [1.807, 2.05) is 0 Å². The summed E-state index contributed by atoms with van der Waals surface area (Å²) in [4.78, 5) is 0. The molecule has 0 heterocycles. The van der Waals surface area contributed by atoms with Gasteiger partial charge in [0, 0.05) is 6.04 Å². The Bertz CT molecular complexity index is 360. The van der Waals surface area contributed by atoms with Gasteiger partial charge in [-0.15, -0.1) is 0 Å². The second kappa shape index (κ2) is 4.88. The Labute approximate surface area is 98.0 Å². The van der Waals surface area contributed by atoms with E-state index in [0.29, 0.717) is 12.0 Å². The summed E-state index contributed by atoms with van der Waals surface area (Å²) >= 11 is 0. The minimum absolute atomic E-state index is 0.521. The molecule has 0 bridgehead atoms. The summed E-state index contributed by atoms with van der Waals surface area (Å²) < 4.78 is 5.29. The molecule has 0 radical (unpaired) electrons. The molecule has 1 unspecified atom stereocenters. The summed E-state index contributed by atoms with van der Waals surface area (Å²) in [7, 11) is 1.73. The van der Waals surface area contributed by atoms with Crippen LogP contribution in [0.25, 0.3) is 0 Å². The van der Waals surface area contributed by atoms with Crippen molar-refractivity contribution < 1.29 is 4.74 Å². The Morgan fingerprint density at radius 3 is 2.94 bits per heavy atom. The van der Waals surface area contributed by atoms with Gasteiger partial charge in [0.05, 0.1) is 7.11 Å². The van der Waals surface area contributed by atoms with Crippen LogP contribution in [0.2, 0.25) is 0 Å². The first-order valence-electron chi connectivity index (χ1n) is 6.11. The van der Waals surface area contributed by atoms with Gasteiger partial charge in [-0.25, -0.2) is 0 Å². The fourth-order valence-corrected chi connectivity index (χ4v) is 2.30. The van der Waals surface area contributed by atoms with Crippen LogP contribution in [0.4, 0.5) is 0 Å². The Balaban J connectivity index is 2.11. The van der Waals surface area contributed by atoms with Gasteiger partial charge >= 0.3 is 0 Å². The molecule has 1 aromatic carbocycles. The molecule has 16 heavy (non-hydrogen) atoms. The molecule has 1 atom stereocenters. The maximum atomic E-state index is 5.29. The molecule has 0 amide bonds. The topological polar surface area (TPSA) is 21.3 Å². The Hall–Kier alpha value is -1.02. The lowest BCUT2D eigenvalue weighted by atomic mass is 10.1. The Morgan fingerprint density at radius 1 is 1.44 bits per heavy atom. The van der Waals surface area contributed by atoms with E-state index in [1.54, 1.807) is 7.11 Å². The van der Waals surface area contributed by atoms with Gasteiger partial charge in [0.1, 0.15) is 5.75 Å². The molecule has 1 N–H and O–H groups in total. The van der Waals surface area contributed by atoms with Crippen LogP contribution in [-0.4, -0.2) is 13.7 Å². The molecule has 0 fully saturated rings. The van der Waals surface area contributed by atoms with Crippen molar-refractivity contribution in [2.24, 2.45) is 5.92 Å². The van der Waals surface area contributed by atoms with E-state index >= 15 is 0 Å². The number of ether oxygens (including phenoxy) is 1. The number of methoxy groups -OCH3 is 1. The van der Waals surface area contributed by atoms with Gasteiger partial charge in [0.2, 0.25) is 0 Å². The molecule has 0 spiro atoms. The highest BCUT2D eigenvalue weighted by Crippen LogP contribution is 2.33. The highest BCUT2D eigenvalue weighted by Gasteiger charge is 2.22. The van der Waals surface area contributed by atoms with Crippen LogP contribution >= 0.6 is 0 Å². The molecule has 2 heteroatoms. The van der Waals surface area contributed by atoms with Crippen LogP contribution in [0.3, 0.4) is 0 Å². The highest BCUT2D eigenvalue weighted by molar-refractivity contribution is 5.40. The lowest BCUT2D eigenvalue weighted by molar-refractivity contribution is 0.412. The molecular weight excluding hydrogens is 198 g/mol. The van der Waals surface area contributed by atoms with Crippen molar-refractivity contribution in [3.63, 3.8) is 0 Å². The second-order valence-electron chi connectivity index (χ2n) is 4.96. The Morgan fingerprint density at radius 2 is 2.25 bits per heavy atom. The molecule has 88 valence electrons. The van der Waals surface area contributed by atoms with Gasteiger partial charge in [-0.3, -0.25) is 0 Å². The number of rotatable bonds is 4. The third kappa shape index (κ3) is 2.38. The van der Waals surface area contributed by atoms with E-state index in [2.05, 4.69) is 37.4 Å². The second-order valence-corrected chi connectivity index (χ2v) is 4.96. The van der Waals surface area contributed by atoms with E-state index in [-0.39, 0.29) is 0 Å². The summed E-state index contributed by atoms with van der Waals surface area (Å²) in [5, 5.41) is 3.63. The minimum atomic E-state index is 0.521. The van der Waals surface area contributed by atoms with Crippen molar-refractivity contribution in [1.29, 1.82) is 0 Å². The molecule has 0 saturated heterocycles. The standard InChI is InChI=1S/C14H21NO/c1-10(2)9-15-14-7-5-11-4-6-12(16-3)8-13(11)14/h4,6,8,10,14-15H,5,7,9H2,1-3H3. The molecule has 2 nitrogen and oxygen atoms in total. The smallest absolute Gasteiger partial charge is 0.119 e. The zero-order chi connectivity index (χ0) is 11.5. The molecule has 0 aliphatic heterocycles. The van der Waals surface area contributed by atoms with Crippen molar-refractivity contribution in [2.75, 3.05) is 13.7 Å². The minimum Gasteiger partial charge on any atom is -0.497 e. The van der Waals surface area contributed by atoms with Crippen molar-refractivity contribution in [1.82, 2.24) is 5.32 Å². The first-order chi connectivity index (χ1) is 7.70. The van der Waals surface area contributed by atoms with Crippen molar-refractivity contribution in [3.05, 3.63) is 29.3 Å². The number of hydrogen-bond acceptors (Lipinski definition) is 2. The lowest BCUT2D eigenvalue weighted by Gasteiger charge is -2.16. The zero-order valence-corrected chi connectivity index (χ0v) is 10.4. The molecule has 1 aliphatic rings. The van der Waals surface area contributed by atoms with E-state index < -0.39 is 0 Å². The number of benzene rings is 1. The third-order valence-electron chi connectivity index (χ3n) is 3.20. The number of nitrogens with one attached hydrogen (secondary N) is 1. The van der Waals surface area contributed by atoms with E-state index in [0.717, 1.165) is 12.3 Å². The fraction of sp³-hybridized carbons (Fsp3) is 0.571. The number of hydrogen-bond donors (Lipinski definition) is 1. The largest absolute Gasteiger partial charge is 0.497 e. The molecular formula is C14H21NO. The third-order valence-corrected chi connectivity index (χ3v) is 3.20. The van der Waals surface area contributed by atoms with Gasteiger partial charge in [-0.2, -0.15) is 0 Å². The van der Waals surface area contributed by atoms with Gasteiger partial charge in [-0.05, 0) is 48.6 Å². The predicted molar refractivity (Wildman–Crippen MR) is 66.9 cm³/mol. The molecule has 0 aromatic heterocycles. The summed E-state index contributed by atoms with van der Waals surface area (Å²) in [6.45, 7) is 5.57. The first kappa shape index (κ1) is 11.5. The average Bonchev–Trinajstić information content (AvgIpc) is 2.68. The highest BCUT2D eigenvalue weighted by atomic mass is 16.5. The lowest BCUT2D eigenvalue weighted by Crippen LogP contribution is -2.23.